The van der Waals surface area contributed by atoms with E-state index >= 15 is 0 Å². The van der Waals surface area contributed by atoms with Crippen molar-refractivity contribution in [2.24, 2.45) is 5.92 Å². The van der Waals surface area contributed by atoms with Gasteiger partial charge < -0.3 is 9.64 Å². The minimum Gasteiger partial charge on any atom is -0.371 e. The van der Waals surface area contributed by atoms with Gasteiger partial charge in [-0.25, -0.2) is 0 Å². The maximum Gasteiger partial charge on any atom is 0.248 e. The molecule has 19 heavy (non-hydrogen) atoms. The largest absolute Gasteiger partial charge is 0.371 e. The van der Waals surface area contributed by atoms with Gasteiger partial charge in [0.1, 0.15) is 12.4 Å². The van der Waals surface area contributed by atoms with E-state index in [4.69, 9.17) is 4.74 Å². The van der Waals surface area contributed by atoms with Crippen LogP contribution in [0, 0.1) is 5.92 Å². The standard InChI is InChI=1S/C15H25NO3/c17-14-7-9-16(10-8-14)15(18)12-19-11-13-5-3-1-2-4-6-13/h13H,1-12H2. The lowest BCUT2D eigenvalue weighted by Gasteiger charge is -2.26. The lowest BCUT2D eigenvalue weighted by atomic mass is 10.0. The normalized spacial score (nSPS) is 22.3. The number of amides is 1. The molecule has 2 aliphatic rings. The Balaban J connectivity index is 1.61. The van der Waals surface area contributed by atoms with Crippen LogP contribution in [-0.2, 0) is 14.3 Å². The summed E-state index contributed by atoms with van der Waals surface area (Å²) < 4.78 is 5.59. The summed E-state index contributed by atoms with van der Waals surface area (Å²) in [5, 5.41) is 0. The van der Waals surface area contributed by atoms with Gasteiger partial charge in [0.25, 0.3) is 0 Å². The number of carbonyl (C=O) groups excluding carboxylic acids is 2. The van der Waals surface area contributed by atoms with Crippen LogP contribution in [0.3, 0.4) is 0 Å². The van der Waals surface area contributed by atoms with Gasteiger partial charge in [0.05, 0.1) is 6.61 Å². The molecule has 0 atom stereocenters. The molecule has 0 bridgehead atoms. The first-order valence-corrected chi connectivity index (χ1v) is 7.63. The molecule has 4 heteroatoms. The lowest BCUT2D eigenvalue weighted by molar-refractivity contribution is -0.139. The third-order valence-corrected chi connectivity index (χ3v) is 4.23. The Morgan fingerprint density at radius 1 is 1.11 bits per heavy atom. The Labute approximate surface area is 115 Å². The van der Waals surface area contributed by atoms with Crippen LogP contribution in [0.5, 0.6) is 0 Å². The van der Waals surface area contributed by atoms with Gasteiger partial charge in [0.15, 0.2) is 0 Å². The van der Waals surface area contributed by atoms with Gasteiger partial charge in [0.2, 0.25) is 5.91 Å². The summed E-state index contributed by atoms with van der Waals surface area (Å²) in [6, 6.07) is 0. The number of nitrogens with zero attached hydrogens (tertiary/aromatic N) is 1. The molecule has 1 saturated heterocycles. The molecule has 0 aromatic carbocycles. The number of ketones is 1. The summed E-state index contributed by atoms with van der Waals surface area (Å²) >= 11 is 0. The van der Waals surface area contributed by atoms with Crippen LogP contribution in [0.2, 0.25) is 0 Å². The number of hydrogen-bond acceptors (Lipinski definition) is 3. The molecule has 1 heterocycles. The smallest absolute Gasteiger partial charge is 0.248 e. The Morgan fingerprint density at radius 3 is 2.37 bits per heavy atom. The van der Waals surface area contributed by atoms with Crippen molar-refractivity contribution >= 4 is 11.7 Å². The molecule has 0 aromatic rings. The number of likely N-dealkylation sites (tertiary alicyclic amines) is 1. The minimum absolute atomic E-state index is 0.0427. The minimum atomic E-state index is 0.0427. The number of ether oxygens (including phenoxy) is 1. The first kappa shape index (κ1) is 14.5. The predicted octanol–water partition coefficient (Wildman–Crippen LogP) is 2.16. The van der Waals surface area contributed by atoms with Crippen LogP contribution in [-0.4, -0.2) is 42.9 Å². The van der Waals surface area contributed by atoms with Crippen LogP contribution in [0.1, 0.15) is 51.4 Å². The summed E-state index contributed by atoms with van der Waals surface area (Å²) in [5.74, 6) is 0.947. The van der Waals surface area contributed by atoms with Gasteiger partial charge in [0, 0.05) is 25.9 Å². The van der Waals surface area contributed by atoms with Crippen molar-refractivity contribution in [1.29, 1.82) is 0 Å². The van der Waals surface area contributed by atoms with E-state index in [0.29, 0.717) is 31.8 Å². The van der Waals surface area contributed by atoms with Crippen molar-refractivity contribution in [3.05, 3.63) is 0 Å². The van der Waals surface area contributed by atoms with Gasteiger partial charge >= 0.3 is 0 Å². The molecule has 0 spiro atoms. The quantitative estimate of drug-likeness (QED) is 0.733. The highest BCUT2D eigenvalue weighted by Crippen LogP contribution is 2.22. The third kappa shape index (κ3) is 4.94. The molecule has 1 saturated carbocycles. The van der Waals surface area contributed by atoms with E-state index < -0.39 is 0 Å². The fourth-order valence-electron chi connectivity index (χ4n) is 2.94. The molecule has 1 amide bonds. The van der Waals surface area contributed by atoms with E-state index in [-0.39, 0.29) is 18.3 Å². The molecule has 0 N–H and O–H groups in total. The van der Waals surface area contributed by atoms with Crippen molar-refractivity contribution in [3.63, 3.8) is 0 Å². The molecule has 0 unspecified atom stereocenters. The zero-order chi connectivity index (χ0) is 13.5. The zero-order valence-corrected chi connectivity index (χ0v) is 11.7. The Hall–Kier alpha value is -0.900. The van der Waals surface area contributed by atoms with Crippen molar-refractivity contribution in [1.82, 2.24) is 4.90 Å². The molecule has 0 radical (unpaired) electrons. The molecular formula is C15H25NO3. The molecule has 2 fully saturated rings. The van der Waals surface area contributed by atoms with Crippen LogP contribution in [0.4, 0.5) is 0 Å². The third-order valence-electron chi connectivity index (χ3n) is 4.23. The highest BCUT2D eigenvalue weighted by Gasteiger charge is 2.21. The van der Waals surface area contributed by atoms with E-state index in [9.17, 15) is 9.59 Å². The Kier molecular flexibility index (Phi) is 5.83. The van der Waals surface area contributed by atoms with Crippen molar-refractivity contribution < 1.29 is 14.3 Å². The number of rotatable bonds is 4. The van der Waals surface area contributed by atoms with Crippen LogP contribution in [0.15, 0.2) is 0 Å². The Morgan fingerprint density at radius 2 is 1.74 bits per heavy atom. The van der Waals surface area contributed by atoms with E-state index in [1.807, 2.05) is 0 Å². The van der Waals surface area contributed by atoms with E-state index in [1.54, 1.807) is 4.90 Å². The first-order chi connectivity index (χ1) is 9.25. The summed E-state index contributed by atoms with van der Waals surface area (Å²) in [7, 11) is 0. The molecular weight excluding hydrogens is 242 g/mol. The van der Waals surface area contributed by atoms with Crippen LogP contribution in [0.25, 0.3) is 0 Å². The van der Waals surface area contributed by atoms with E-state index in [2.05, 4.69) is 0 Å². The second-order valence-electron chi connectivity index (χ2n) is 5.79. The fraction of sp³-hybridized carbons (Fsp3) is 0.867. The monoisotopic (exact) mass is 267 g/mol. The molecule has 2 rings (SSSR count). The highest BCUT2D eigenvalue weighted by atomic mass is 16.5. The predicted molar refractivity (Wildman–Crippen MR) is 72.8 cm³/mol. The summed E-state index contributed by atoms with van der Waals surface area (Å²) in [5.41, 5.74) is 0. The van der Waals surface area contributed by atoms with Crippen molar-refractivity contribution in [2.45, 2.75) is 51.4 Å². The van der Waals surface area contributed by atoms with Crippen molar-refractivity contribution in [3.8, 4) is 0 Å². The van der Waals surface area contributed by atoms with E-state index in [1.165, 1.54) is 38.5 Å². The van der Waals surface area contributed by atoms with Crippen LogP contribution >= 0.6 is 0 Å². The average Bonchev–Trinajstić information content (AvgIpc) is 2.68. The number of hydrogen-bond donors (Lipinski definition) is 0. The highest BCUT2D eigenvalue weighted by molar-refractivity contribution is 5.83. The fourth-order valence-corrected chi connectivity index (χ4v) is 2.94. The topological polar surface area (TPSA) is 46.6 Å². The maximum atomic E-state index is 11.9. The SMILES string of the molecule is O=C1CCN(C(=O)COCC2CCCCCC2)CC1. The molecule has 1 aliphatic carbocycles. The van der Waals surface area contributed by atoms with Crippen molar-refractivity contribution in [2.75, 3.05) is 26.3 Å². The summed E-state index contributed by atoms with van der Waals surface area (Å²) in [6.45, 7) is 2.05. The van der Waals surface area contributed by atoms with Gasteiger partial charge in [-0.3, -0.25) is 9.59 Å². The van der Waals surface area contributed by atoms with Gasteiger partial charge in [-0.2, -0.15) is 0 Å². The maximum absolute atomic E-state index is 11.9. The van der Waals surface area contributed by atoms with Crippen LogP contribution < -0.4 is 0 Å². The van der Waals surface area contributed by atoms with E-state index in [0.717, 1.165) is 6.61 Å². The number of Topliss-reactive ketones (excluding diaryl/α,β-unsaturated/α-hetero) is 1. The molecule has 4 nitrogen and oxygen atoms in total. The second-order valence-corrected chi connectivity index (χ2v) is 5.79. The van der Waals surface area contributed by atoms with Gasteiger partial charge in [-0.1, -0.05) is 25.7 Å². The number of carbonyl (C=O) groups is 2. The Bertz CT molecular complexity index is 299. The summed E-state index contributed by atoms with van der Waals surface area (Å²) in [6.07, 6.45) is 8.79. The van der Waals surface area contributed by atoms with Gasteiger partial charge in [-0.15, -0.1) is 0 Å². The molecule has 1 aliphatic heterocycles. The lowest BCUT2D eigenvalue weighted by Crippen LogP contribution is -2.40. The molecule has 0 aromatic heterocycles. The second kappa shape index (κ2) is 7.63. The zero-order valence-electron chi connectivity index (χ0n) is 11.7. The molecule has 108 valence electrons. The summed E-state index contributed by atoms with van der Waals surface area (Å²) in [4.78, 5) is 24.8. The van der Waals surface area contributed by atoms with Gasteiger partial charge in [-0.05, 0) is 18.8 Å². The first-order valence-electron chi connectivity index (χ1n) is 7.63. The number of piperidine rings is 1. The average molecular weight is 267 g/mol.